The van der Waals surface area contributed by atoms with Crippen LogP contribution < -0.4 is 0 Å². The highest BCUT2D eigenvalue weighted by molar-refractivity contribution is 5.85. The second-order valence-corrected chi connectivity index (χ2v) is 3.58. The minimum atomic E-state index is -0.322. The zero-order valence-corrected chi connectivity index (χ0v) is 9.40. The fourth-order valence-electron chi connectivity index (χ4n) is 1.42. The van der Waals surface area contributed by atoms with Crippen molar-refractivity contribution in [1.82, 2.24) is 0 Å². The lowest BCUT2D eigenvalue weighted by molar-refractivity contribution is -0.135. The number of carbonyl (C=O) groups is 2. The number of hydrogen-bond acceptors (Lipinski definition) is 4. The van der Waals surface area contributed by atoms with E-state index in [4.69, 9.17) is 4.74 Å². The standard InChI is InChI=1S/C12H16O4/c1-15-11(13)7-5-3-2-4-6-10-8-12(14)16-9-10/h5,7-8H,2-4,6,9H2,1H3/b7-5+. The Labute approximate surface area is 94.9 Å². The van der Waals surface area contributed by atoms with Gasteiger partial charge in [0.2, 0.25) is 0 Å². The van der Waals surface area contributed by atoms with Crippen molar-refractivity contribution < 1.29 is 19.1 Å². The van der Waals surface area contributed by atoms with Crippen molar-refractivity contribution in [1.29, 1.82) is 0 Å². The van der Waals surface area contributed by atoms with E-state index in [2.05, 4.69) is 4.74 Å². The molecule has 4 heteroatoms. The monoisotopic (exact) mass is 224 g/mol. The van der Waals surface area contributed by atoms with Gasteiger partial charge in [-0.15, -0.1) is 0 Å². The molecule has 0 unspecified atom stereocenters. The van der Waals surface area contributed by atoms with Crippen LogP contribution in [0.15, 0.2) is 23.8 Å². The van der Waals surface area contributed by atoms with Crippen molar-refractivity contribution in [3.05, 3.63) is 23.8 Å². The molecule has 0 N–H and O–H groups in total. The second kappa shape index (κ2) is 6.82. The van der Waals surface area contributed by atoms with E-state index in [0.29, 0.717) is 6.61 Å². The summed E-state index contributed by atoms with van der Waals surface area (Å²) >= 11 is 0. The third kappa shape index (κ3) is 4.77. The Morgan fingerprint density at radius 2 is 2.38 bits per heavy atom. The molecule has 4 nitrogen and oxygen atoms in total. The number of rotatable bonds is 6. The molecule has 1 aliphatic rings. The summed E-state index contributed by atoms with van der Waals surface area (Å²) < 4.78 is 9.24. The molecule has 0 aromatic carbocycles. The zero-order valence-electron chi connectivity index (χ0n) is 9.40. The minimum absolute atomic E-state index is 0.236. The molecule has 0 bridgehead atoms. The Morgan fingerprint density at radius 1 is 1.56 bits per heavy atom. The van der Waals surface area contributed by atoms with Crippen LogP contribution in [-0.4, -0.2) is 25.7 Å². The van der Waals surface area contributed by atoms with Crippen LogP contribution in [0.5, 0.6) is 0 Å². The summed E-state index contributed by atoms with van der Waals surface area (Å²) in [4.78, 5) is 21.5. The van der Waals surface area contributed by atoms with Gasteiger partial charge in [-0.3, -0.25) is 0 Å². The summed E-state index contributed by atoms with van der Waals surface area (Å²) in [5, 5.41) is 0. The fraction of sp³-hybridized carbons (Fsp3) is 0.500. The van der Waals surface area contributed by atoms with E-state index in [-0.39, 0.29) is 11.9 Å². The van der Waals surface area contributed by atoms with Gasteiger partial charge in [0, 0.05) is 12.2 Å². The van der Waals surface area contributed by atoms with Gasteiger partial charge >= 0.3 is 11.9 Å². The van der Waals surface area contributed by atoms with Crippen molar-refractivity contribution >= 4 is 11.9 Å². The maximum Gasteiger partial charge on any atom is 0.331 e. The largest absolute Gasteiger partial charge is 0.466 e. The second-order valence-electron chi connectivity index (χ2n) is 3.58. The average molecular weight is 224 g/mol. The van der Waals surface area contributed by atoms with E-state index in [9.17, 15) is 9.59 Å². The predicted molar refractivity (Wildman–Crippen MR) is 58.7 cm³/mol. The van der Waals surface area contributed by atoms with E-state index in [1.54, 1.807) is 12.2 Å². The van der Waals surface area contributed by atoms with Crippen molar-refractivity contribution in [2.75, 3.05) is 13.7 Å². The first-order valence-corrected chi connectivity index (χ1v) is 5.33. The molecule has 1 aliphatic heterocycles. The van der Waals surface area contributed by atoms with E-state index < -0.39 is 0 Å². The number of carbonyl (C=O) groups excluding carboxylic acids is 2. The lowest BCUT2D eigenvalue weighted by Crippen LogP contribution is -1.93. The number of methoxy groups -OCH3 is 1. The number of hydrogen-bond donors (Lipinski definition) is 0. The van der Waals surface area contributed by atoms with Crippen LogP contribution in [0.1, 0.15) is 25.7 Å². The molecular weight excluding hydrogens is 208 g/mol. The molecule has 1 rings (SSSR count). The molecule has 0 fully saturated rings. The smallest absolute Gasteiger partial charge is 0.331 e. The zero-order chi connectivity index (χ0) is 11.8. The highest BCUT2D eigenvalue weighted by atomic mass is 16.5. The molecule has 0 radical (unpaired) electrons. The van der Waals surface area contributed by atoms with Gasteiger partial charge in [0.05, 0.1) is 7.11 Å². The lowest BCUT2D eigenvalue weighted by atomic mass is 10.1. The number of cyclic esters (lactones) is 1. The van der Waals surface area contributed by atoms with Gasteiger partial charge in [-0.05, 0) is 31.3 Å². The van der Waals surface area contributed by atoms with Crippen molar-refractivity contribution in [2.45, 2.75) is 25.7 Å². The highest BCUT2D eigenvalue weighted by Crippen LogP contribution is 2.14. The first-order valence-electron chi connectivity index (χ1n) is 5.33. The van der Waals surface area contributed by atoms with Gasteiger partial charge in [0.25, 0.3) is 0 Å². The van der Waals surface area contributed by atoms with Crippen molar-refractivity contribution in [3.63, 3.8) is 0 Å². The van der Waals surface area contributed by atoms with E-state index in [1.165, 1.54) is 13.2 Å². The van der Waals surface area contributed by atoms with Gasteiger partial charge in [-0.1, -0.05) is 6.08 Å². The van der Waals surface area contributed by atoms with Gasteiger partial charge in [0.1, 0.15) is 6.61 Å². The number of ether oxygens (including phenoxy) is 2. The molecular formula is C12H16O4. The van der Waals surface area contributed by atoms with Gasteiger partial charge in [0.15, 0.2) is 0 Å². The molecule has 0 spiro atoms. The van der Waals surface area contributed by atoms with Gasteiger partial charge in [-0.2, -0.15) is 0 Å². The molecule has 0 aromatic rings. The first kappa shape index (κ1) is 12.5. The average Bonchev–Trinajstić information content (AvgIpc) is 2.69. The Balaban J connectivity index is 2.04. The summed E-state index contributed by atoms with van der Waals surface area (Å²) in [6.07, 6.45) is 8.50. The molecule has 88 valence electrons. The van der Waals surface area contributed by atoms with Gasteiger partial charge < -0.3 is 9.47 Å². The minimum Gasteiger partial charge on any atom is -0.466 e. The maximum atomic E-state index is 10.7. The molecule has 0 aromatic heterocycles. The molecule has 0 saturated carbocycles. The van der Waals surface area contributed by atoms with Crippen LogP contribution >= 0.6 is 0 Å². The molecule has 16 heavy (non-hydrogen) atoms. The molecule has 0 aliphatic carbocycles. The van der Waals surface area contributed by atoms with Crippen LogP contribution in [-0.2, 0) is 19.1 Å². The Kier molecular flexibility index (Phi) is 5.32. The number of unbranched alkanes of at least 4 members (excludes halogenated alkanes) is 2. The number of allylic oxidation sites excluding steroid dienone is 1. The third-order valence-corrected chi connectivity index (χ3v) is 2.30. The quantitative estimate of drug-likeness (QED) is 0.392. The maximum absolute atomic E-state index is 10.7. The lowest BCUT2D eigenvalue weighted by Gasteiger charge is -1.98. The number of esters is 2. The van der Waals surface area contributed by atoms with Crippen LogP contribution in [0.4, 0.5) is 0 Å². The SMILES string of the molecule is COC(=O)/C=C/CCCCC1=CC(=O)OC1. The van der Waals surface area contributed by atoms with Crippen molar-refractivity contribution in [2.24, 2.45) is 0 Å². The van der Waals surface area contributed by atoms with E-state index >= 15 is 0 Å². The third-order valence-electron chi connectivity index (χ3n) is 2.30. The van der Waals surface area contributed by atoms with Gasteiger partial charge in [-0.25, -0.2) is 9.59 Å². The van der Waals surface area contributed by atoms with E-state index in [0.717, 1.165) is 31.3 Å². The summed E-state index contributed by atoms with van der Waals surface area (Å²) in [5.41, 5.74) is 1.06. The molecule has 0 amide bonds. The molecule has 0 saturated heterocycles. The van der Waals surface area contributed by atoms with E-state index in [1.807, 2.05) is 0 Å². The van der Waals surface area contributed by atoms with Crippen molar-refractivity contribution in [3.8, 4) is 0 Å². The summed E-state index contributed by atoms with van der Waals surface area (Å²) in [6.45, 7) is 0.441. The summed E-state index contributed by atoms with van der Waals surface area (Å²) in [6, 6.07) is 0. The Bertz CT molecular complexity index is 315. The molecule has 0 atom stereocenters. The van der Waals surface area contributed by atoms with Crippen LogP contribution in [0.25, 0.3) is 0 Å². The highest BCUT2D eigenvalue weighted by Gasteiger charge is 2.11. The Hall–Kier alpha value is -1.58. The Morgan fingerprint density at radius 3 is 3.00 bits per heavy atom. The topological polar surface area (TPSA) is 52.6 Å². The predicted octanol–water partition coefficient (Wildman–Crippen LogP) is 1.76. The first-order chi connectivity index (χ1) is 7.72. The summed E-state index contributed by atoms with van der Waals surface area (Å²) in [5.74, 6) is -0.557. The normalized spacial score (nSPS) is 15.1. The fourth-order valence-corrected chi connectivity index (χ4v) is 1.42. The van der Waals surface area contributed by atoms with Crippen LogP contribution in [0.3, 0.4) is 0 Å². The molecule has 1 heterocycles. The summed E-state index contributed by atoms with van der Waals surface area (Å²) in [7, 11) is 1.36. The van der Waals surface area contributed by atoms with Crippen LogP contribution in [0, 0.1) is 0 Å². The van der Waals surface area contributed by atoms with Crippen LogP contribution in [0.2, 0.25) is 0 Å².